The van der Waals surface area contributed by atoms with Crippen LogP contribution in [0.4, 0.5) is 25.0 Å². The van der Waals surface area contributed by atoms with Gasteiger partial charge in [0.05, 0.1) is 18.1 Å². The molecule has 0 saturated carbocycles. The maximum absolute atomic E-state index is 13.5. The highest BCUT2D eigenvalue weighted by Crippen LogP contribution is 2.19. The molecule has 2 aromatic carbocycles. The van der Waals surface area contributed by atoms with Gasteiger partial charge in [-0.1, -0.05) is 19.1 Å². The summed E-state index contributed by atoms with van der Waals surface area (Å²) in [7, 11) is 0. The Kier molecular flexibility index (Phi) is 12.5. The molecule has 2 rings (SSSR count). The highest BCUT2D eigenvalue weighted by Gasteiger charge is 2.26. The second kappa shape index (κ2) is 15.5. The van der Waals surface area contributed by atoms with Crippen LogP contribution in [0.5, 0.6) is 5.75 Å². The molecule has 2 amide bonds. The number of carboxylic acids is 1. The van der Waals surface area contributed by atoms with E-state index in [1.165, 1.54) is 36.1 Å². The molecule has 11 nitrogen and oxygen atoms in total. The number of nitro benzene ring substituents is 1. The van der Waals surface area contributed by atoms with Crippen LogP contribution in [0.15, 0.2) is 48.5 Å². The van der Waals surface area contributed by atoms with Gasteiger partial charge in [-0.05, 0) is 36.8 Å². The Bertz CT molecular complexity index is 1070. The number of alkyl halides is 2. The number of carbonyl (C=O) groups excluding carboxylic acids is 1. The number of halogens is 2. The van der Waals surface area contributed by atoms with Crippen LogP contribution in [0, 0.1) is 10.1 Å². The number of benzene rings is 2. The number of ether oxygens (including phenoxy) is 3. The molecule has 0 aromatic heterocycles. The summed E-state index contributed by atoms with van der Waals surface area (Å²) >= 11 is 0. The molecular formula is C26H33F2N3O8. The average molecular weight is 554 g/mol. The maximum Gasteiger partial charge on any atom is 0.333 e. The van der Waals surface area contributed by atoms with Crippen molar-refractivity contribution in [3.8, 4) is 5.75 Å². The minimum absolute atomic E-state index is 0.00505. The average Bonchev–Trinajstić information content (AvgIpc) is 2.90. The molecule has 0 spiro atoms. The van der Waals surface area contributed by atoms with Gasteiger partial charge in [-0.3, -0.25) is 10.1 Å². The predicted octanol–water partition coefficient (Wildman–Crippen LogP) is 4.60. The van der Waals surface area contributed by atoms with Crippen molar-refractivity contribution in [3.63, 3.8) is 0 Å². The van der Waals surface area contributed by atoms with Crippen LogP contribution in [-0.4, -0.2) is 78.5 Å². The molecule has 0 fully saturated rings. The largest absolute Gasteiger partial charge is 0.492 e. The van der Waals surface area contributed by atoms with Crippen LogP contribution in [0.2, 0.25) is 0 Å². The van der Waals surface area contributed by atoms with Crippen LogP contribution in [-0.2, 0) is 20.7 Å². The van der Waals surface area contributed by atoms with Gasteiger partial charge in [-0.15, -0.1) is 0 Å². The SMILES string of the molecule is CCOC(Cc1ccc(OCCN(CCOCC(F)(F)CC)C(=O)Nc2ccc([N+](=O)[O-])cc2)cc1)C(=O)O. The highest BCUT2D eigenvalue weighted by molar-refractivity contribution is 5.89. The van der Waals surface area contributed by atoms with Crippen molar-refractivity contribution in [2.75, 3.05) is 44.8 Å². The Morgan fingerprint density at radius 1 is 1.08 bits per heavy atom. The number of hydrogen-bond donors (Lipinski definition) is 2. The van der Waals surface area contributed by atoms with Crippen LogP contribution in [0.25, 0.3) is 0 Å². The van der Waals surface area contributed by atoms with E-state index in [1.54, 1.807) is 31.2 Å². The minimum Gasteiger partial charge on any atom is -0.492 e. The first-order valence-electron chi connectivity index (χ1n) is 12.4. The maximum atomic E-state index is 13.5. The molecule has 1 unspecified atom stereocenters. The summed E-state index contributed by atoms with van der Waals surface area (Å²) in [5.74, 6) is -3.53. The highest BCUT2D eigenvalue weighted by atomic mass is 19.3. The number of hydrogen-bond acceptors (Lipinski definition) is 7. The Labute approximate surface area is 224 Å². The summed E-state index contributed by atoms with van der Waals surface area (Å²) in [5, 5.41) is 22.7. The van der Waals surface area contributed by atoms with E-state index in [4.69, 9.17) is 14.2 Å². The zero-order valence-corrected chi connectivity index (χ0v) is 21.8. The number of urea groups is 1. The van der Waals surface area contributed by atoms with Crippen molar-refractivity contribution >= 4 is 23.4 Å². The van der Waals surface area contributed by atoms with Crippen LogP contribution in [0.3, 0.4) is 0 Å². The topological polar surface area (TPSA) is 140 Å². The molecule has 214 valence electrons. The second-order valence-electron chi connectivity index (χ2n) is 8.46. The zero-order chi connectivity index (χ0) is 28.8. The molecule has 0 bridgehead atoms. The molecule has 39 heavy (non-hydrogen) atoms. The lowest BCUT2D eigenvalue weighted by atomic mass is 10.1. The number of nitro groups is 1. The first-order valence-corrected chi connectivity index (χ1v) is 12.4. The summed E-state index contributed by atoms with van der Waals surface area (Å²) in [6.45, 7) is 2.58. The lowest BCUT2D eigenvalue weighted by molar-refractivity contribution is -0.384. The number of anilines is 1. The minimum atomic E-state index is -2.96. The van der Waals surface area contributed by atoms with E-state index in [0.717, 1.165) is 5.56 Å². The third-order valence-electron chi connectivity index (χ3n) is 5.57. The Morgan fingerprint density at radius 2 is 1.72 bits per heavy atom. The number of rotatable bonds is 17. The zero-order valence-electron chi connectivity index (χ0n) is 21.8. The van der Waals surface area contributed by atoms with Crippen molar-refractivity contribution in [2.45, 2.75) is 38.7 Å². The normalized spacial score (nSPS) is 12.0. The third kappa shape index (κ3) is 11.2. The summed E-state index contributed by atoms with van der Waals surface area (Å²) < 4.78 is 42.9. The monoisotopic (exact) mass is 553 g/mol. The Hall–Kier alpha value is -3.84. The van der Waals surface area contributed by atoms with Crippen molar-refractivity contribution in [1.82, 2.24) is 4.90 Å². The van der Waals surface area contributed by atoms with Gasteiger partial charge in [0.1, 0.15) is 19.0 Å². The fourth-order valence-electron chi connectivity index (χ4n) is 3.31. The molecule has 0 heterocycles. The first kappa shape index (κ1) is 31.4. The van der Waals surface area contributed by atoms with Crippen molar-refractivity contribution in [2.24, 2.45) is 0 Å². The van der Waals surface area contributed by atoms with Crippen LogP contribution < -0.4 is 10.1 Å². The molecule has 0 aliphatic rings. The number of amides is 2. The van der Waals surface area contributed by atoms with Gasteiger partial charge in [0.25, 0.3) is 11.6 Å². The summed E-state index contributed by atoms with van der Waals surface area (Å²) in [5.41, 5.74) is 0.927. The third-order valence-corrected chi connectivity index (χ3v) is 5.57. The molecular weight excluding hydrogens is 520 g/mol. The van der Waals surface area contributed by atoms with Crippen molar-refractivity contribution < 1.29 is 42.6 Å². The number of carbonyl (C=O) groups is 2. The van der Waals surface area contributed by atoms with E-state index in [1.807, 2.05) is 0 Å². The number of non-ortho nitro benzene ring substituents is 1. The number of nitrogens with zero attached hydrogens (tertiary/aromatic N) is 2. The lowest BCUT2D eigenvalue weighted by Gasteiger charge is -2.24. The van der Waals surface area contributed by atoms with Crippen LogP contribution in [0.1, 0.15) is 25.8 Å². The number of aliphatic carboxylic acids is 1. The Morgan fingerprint density at radius 3 is 2.28 bits per heavy atom. The van der Waals surface area contributed by atoms with Crippen molar-refractivity contribution in [1.29, 1.82) is 0 Å². The van der Waals surface area contributed by atoms with Crippen LogP contribution >= 0.6 is 0 Å². The smallest absolute Gasteiger partial charge is 0.333 e. The van der Waals surface area contributed by atoms with E-state index < -0.39 is 35.6 Å². The first-order chi connectivity index (χ1) is 18.5. The van der Waals surface area contributed by atoms with E-state index in [9.17, 15) is 33.6 Å². The lowest BCUT2D eigenvalue weighted by Crippen LogP contribution is -2.40. The molecule has 0 radical (unpaired) electrons. The van der Waals surface area contributed by atoms with Gasteiger partial charge in [0.15, 0.2) is 6.10 Å². The molecule has 0 aliphatic heterocycles. The van der Waals surface area contributed by atoms with E-state index in [2.05, 4.69) is 5.32 Å². The molecule has 1 atom stereocenters. The Balaban J connectivity index is 1.96. The summed E-state index contributed by atoms with van der Waals surface area (Å²) in [4.78, 5) is 35.7. The summed E-state index contributed by atoms with van der Waals surface area (Å²) in [6.07, 6.45) is -1.13. The van der Waals surface area contributed by atoms with Gasteiger partial charge in [-0.2, -0.15) is 0 Å². The van der Waals surface area contributed by atoms with E-state index in [-0.39, 0.29) is 51.4 Å². The molecule has 2 N–H and O–H groups in total. The summed E-state index contributed by atoms with van der Waals surface area (Å²) in [6, 6.07) is 11.4. The standard InChI is InChI=1S/C26H33F2N3O8/c1-3-26(27,28)18-37-15-13-30(25(34)29-20-7-9-21(10-8-20)31(35)36)14-16-39-22-11-5-19(6-12-22)17-23(24(32)33)38-4-2/h5-12,23H,3-4,13-18H2,1-2H3,(H,29,34)(H,32,33). The second-order valence-corrected chi connectivity index (χ2v) is 8.46. The van der Waals surface area contributed by atoms with Crippen molar-refractivity contribution in [3.05, 3.63) is 64.2 Å². The fraction of sp³-hybridized carbons (Fsp3) is 0.462. The molecule has 2 aromatic rings. The van der Waals surface area contributed by atoms with Gasteiger partial charge >= 0.3 is 12.0 Å². The van der Waals surface area contributed by atoms with Gasteiger partial charge in [0, 0.05) is 43.8 Å². The predicted molar refractivity (Wildman–Crippen MR) is 138 cm³/mol. The molecule has 0 saturated heterocycles. The number of carboxylic acid groups (broad SMARTS) is 1. The van der Waals surface area contributed by atoms with Gasteiger partial charge in [-0.25, -0.2) is 18.4 Å². The fourth-order valence-corrected chi connectivity index (χ4v) is 3.31. The molecule has 13 heteroatoms. The van der Waals surface area contributed by atoms with E-state index >= 15 is 0 Å². The van der Waals surface area contributed by atoms with E-state index in [0.29, 0.717) is 11.4 Å². The molecule has 0 aliphatic carbocycles. The quantitative estimate of drug-likeness (QED) is 0.165. The number of nitrogens with one attached hydrogen (secondary N) is 1. The van der Waals surface area contributed by atoms with Gasteiger partial charge in [0.2, 0.25) is 0 Å². The van der Waals surface area contributed by atoms with Gasteiger partial charge < -0.3 is 29.5 Å².